The molecule has 7 N–H and O–H groups in total. The monoisotopic (exact) mass is 942 g/mol. The van der Waals surface area contributed by atoms with E-state index < -0.39 is 11.6 Å². The summed E-state index contributed by atoms with van der Waals surface area (Å²) >= 11 is 1.88. The molecule has 0 aliphatic carbocycles. The molecule has 20 nitrogen and oxygen atoms in total. The zero-order valence-electron chi connectivity index (χ0n) is 36.8. The maximum atomic E-state index is 13.4. The number of carbonyl (C=O) groups is 5. The summed E-state index contributed by atoms with van der Waals surface area (Å²) in [5.74, 6) is 0.194. The number of hydrogen-bond donors (Lipinski definition) is 7. The number of carbonyl (C=O) groups excluding carboxylic acids is 5. The van der Waals surface area contributed by atoms with Crippen molar-refractivity contribution in [3.63, 3.8) is 0 Å². The molecule has 2 fully saturated rings. The molecule has 3 unspecified atom stereocenters. The molecule has 21 heteroatoms. The number of aromatic nitrogens is 3. The summed E-state index contributed by atoms with van der Waals surface area (Å²) in [6.45, 7) is 3.32. The maximum Gasteiger partial charge on any atom is 0.340 e. The number of urea groups is 1. The molecular weight excluding hydrogens is 889 g/mol. The Balaban J connectivity index is 0.627. The van der Waals surface area contributed by atoms with Crippen molar-refractivity contribution in [1.82, 2.24) is 36.3 Å². The highest BCUT2D eigenvalue weighted by Crippen LogP contribution is 2.57. The first-order valence-corrected chi connectivity index (χ1v) is 23.5. The highest BCUT2D eigenvalue weighted by molar-refractivity contribution is 8.00. The molecule has 2 saturated heterocycles. The first-order chi connectivity index (χ1) is 32.5. The molecule has 0 radical (unpaired) electrons. The Hall–Kier alpha value is -6.42. The number of thioether (sulfide) groups is 1. The number of benzene rings is 3. The second kappa shape index (κ2) is 21.9. The summed E-state index contributed by atoms with van der Waals surface area (Å²) in [7, 11) is 0. The number of nitrogens with zero attached hydrogens (tertiary/aromatic N) is 3. The van der Waals surface area contributed by atoms with Crippen molar-refractivity contribution in [2.45, 2.75) is 81.0 Å². The molecule has 3 atom stereocenters. The van der Waals surface area contributed by atoms with Crippen LogP contribution in [0.4, 0.5) is 10.5 Å². The SMILES string of the molecule is O=C(CCCC(=O)Nc1ccc2c(c1)C(=O)OC21c2ccc(O)cc2Oc2cc(O)ccc21)NCCOCCOCCOCCn1cc(CNC(=O)CCCCC2SCC3NC(=O)NC32)nn1. The number of hydrogen-bond acceptors (Lipinski definition) is 15. The van der Waals surface area contributed by atoms with Gasteiger partial charge in [0.2, 0.25) is 17.7 Å². The van der Waals surface area contributed by atoms with Crippen molar-refractivity contribution in [1.29, 1.82) is 0 Å². The van der Waals surface area contributed by atoms with Crippen molar-refractivity contribution in [2.24, 2.45) is 0 Å². The van der Waals surface area contributed by atoms with Crippen LogP contribution >= 0.6 is 11.8 Å². The van der Waals surface area contributed by atoms with Crippen molar-refractivity contribution in [2.75, 3.05) is 57.3 Å². The Labute approximate surface area is 390 Å². The number of phenols is 2. The van der Waals surface area contributed by atoms with Gasteiger partial charge in [-0.2, -0.15) is 11.8 Å². The van der Waals surface area contributed by atoms with Crippen LogP contribution in [0.2, 0.25) is 0 Å². The third-order valence-electron chi connectivity index (χ3n) is 11.8. The summed E-state index contributed by atoms with van der Waals surface area (Å²) in [5, 5.41) is 43.3. The molecule has 1 aromatic heterocycles. The van der Waals surface area contributed by atoms with E-state index in [1.165, 1.54) is 24.3 Å². The molecule has 0 saturated carbocycles. The van der Waals surface area contributed by atoms with Gasteiger partial charge in [0.1, 0.15) is 28.7 Å². The minimum atomic E-state index is -1.40. The minimum absolute atomic E-state index is 0.0260. The van der Waals surface area contributed by atoms with Gasteiger partial charge in [0.25, 0.3) is 0 Å². The van der Waals surface area contributed by atoms with Crippen molar-refractivity contribution in [3.05, 3.63) is 88.7 Å². The molecule has 3 aromatic carbocycles. The van der Waals surface area contributed by atoms with E-state index in [0.29, 0.717) is 105 Å². The van der Waals surface area contributed by atoms with E-state index in [4.69, 9.17) is 23.7 Å². The number of amides is 5. The smallest absolute Gasteiger partial charge is 0.340 e. The summed E-state index contributed by atoms with van der Waals surface area (Å²) in [4.78, 5) is 62.4. The van der Waals surface area contributed by atoms with Crippen LogP contribution in [0.5, 0.6) is 23.0 Å². The van der Waals surface area contributed by atoms with Gasteiger partial charge in [-0.1, -0.05) is 17.7 Å². The quantitative estimate of drug-likeness (QED) is 0.0301. The summed E-state index contributed by atoms with van der Waals surface area (Å²) in [6.07, 6.45) is 5.44. The molecule has 67 heavy (non-hydrogen) atoms. The molecular formula is C46H54N8O12S. The third-order valence-corrected chi connectivity index (χ3v) is 13.3. The van der Waals surface area contributed by atoms with E-state index >= 15 is 0 Å². The summed E-state index contributed by atoms with van der Waals surface area (Å²) in [5.41, 5.74) is 1.39. The molecule has 5 amide bonds. The van der Waals surface area contributed by atoms with Gasteiger partial charge in [0.05, 0.1) is 76.6 Å². The molecule has 8 rings (SSSR count). The maximum absolute atomic E-state index is 13.4. The largest absolute Gasteiger partial charge is 0.508 e. The molecule has 4 aliphatic rings. The van der Waals surface area contributed by atoms with E-state index in [1.54, 1.807) is 41.2 Å². The molecule has 4 aromatic rings. The average molecular weight is 943 g/mol. The topological polar surface area (TPSA) is 263 Å². The van der Waals surface area contributed by atoms with Gasteiger partial charge in [-0.3, -0.25) is 14.4 Å². The Morgan fingerprint density at radius 2 is 1.46 bits per heavy atom. The van der Waals surface area contributed by atoms with Gasteiger partial charge >= 0.3 is 12.0 Å². The zero-order valence-corrected chi connectivity index (χ0v) is 37.6. The number of nitrogens with one attached hydrogen (secondary N) is 5. The lowest BCUT2D eigenvalue weighted by molar-refractivity contribution is -0.122. The van der Waals surface area contributed by atoms with Gasteiger partial charge in [0.15, 0.2) is 5.60 Å². The standard InChI is InChI=1S/C46H54N8O12S/c55-30-9-12-34-37(23-30)65-38-24-31(56)10-13-35(38)46(34)33-11-8-28(22-32(33)44(60)66-46)49-42(59)7-3-6-40(57)47-14-16-62-18-20-64-21-19-63-17-15-54-26-29(52-53-54)25-48-41(58)5-2-1-4-39-43-36(27-67-39)50-45(61)51-43/h8-13,22-24,26,36,39,43,55-56H,1-7,14-21,25,27H2,(H,47,57)(H,48,58)(H,49,59)(H2,50,51,61). The first kappa shape index (κ1) is 47.1. The lowest BCUT2D eigenvalue weighted by Gasteiger charge is -2.36. The first-order valence-electron chi connectivity index (χ1n) is 22.4. The number of ether oxygens (including phenoxy) is 5. The van der Waals surface area contributed by atoms with Gasteiger partial charge in [-0.05, 0) is 55.7 Å². The van der Waals surface area contributed by atoms with Crippen LogP contribution in [0, 0.1) is 0 Å². The van der Waals surface area contributed by atoms with Gasteiger partial charge in [0, 0.05) is 71.3 Å². The predicted molar refractivity (Wildman–Crippen MR) is 242 cm³/mol. The number of phenolic OH excluding ortho intramolecular Hbond substituents is 2. The molecule has 1 spiro atoms. The molecule has 0 bridgehead atoms. The fourth-order valence-electron chi connectivity index (χ4n) is 8.55. The van der Waals surface area contributed by atoms with Crippen LogP contribution in [-0.4, -0.2) is 124 Å². The lowest BCUT2D eigenvalue weighted by Crippen LogP contribution is -2.36. The van der Waals surface area contributed by atoms with Crippen LogP contribution < -0.4 is 31.3 Å². The van der Waals surface area contributed by atoms with Gasteiger partial charge in [-0.25, -0.2) is 14.3 Å². The predicted octanol–water partition coefficient (Wildman–Crippen LogP) is 3.57. The number of unbranched alkanes of at least 4 members (excludes halogenated alkanes) is 1. The van der Waals surface area contributed by atoms with Crippen LogP contribution in [0.15, 0.2) is 60.8 Å². The lowest BCUT2D eigenvalue weighted by atomic mass is 9.77. The summed E-state index contributed by atoms with van der Waals surface area (Å²) < 4.78 is 30.4. The minimum Gasteiger partial charge on any atom is -0.508 e. The average Bonchev–Trinajstić information content (AvgIpc) is 4.08. The number of esters is 1. The number of fused-ring (bicyclic) bond motifs is 7. The Bertz CT molecular complexity index is 2400. The Kier molecular flexibility index (Phi) is 15.4. The molecule has 5 heterocycles. The second-order valence-electron chi connectivity index (χ2n) is 16.5. The summed E-state index contributed by atoms with van der Waals surface area (Å²) in [6, 6.07) is 14.2. The number of rotatable bonds is 24. The third kappa shape index (κ3) is 11.6. The number of anilines is 1. The van der Waals surface area contributed by atoms with Crippen molar-refractivity contribution >= 4 is 47.2 Å². The van der Waals surface area contributed by atoms with Crippen LogP contribution in [0.25, 0.3) is 0 Å². The van der Waals surface area contributed by atoms with Gasteiger partial charge < -0.3 is 60.5 Å². The zero-order chi connectivity index (χ0) is 46.8. The van der Waals surface area contributed by atoms with Crippen LogP contribution in [0.3, 0.4) is 0 Å². The molecule has 356 valence electrons. The Morgan fingerprint density at radius 3 is 2.22 bits per heavy atom. The van der Waals surface area contributed by atoms with E-state index in [9.17, 15) is 34.2 Å². The van der Waals surface area contributed by atoms with Crippen LogP contribution in [0.1, 0.15) is 77.7 Å². The van der Waals surface area contributed by atoms with E-state index in [1.807, 2.05) is 11.8 Å². The second-order valence-corrected chi connectivity index (χ2v) is 17.8. The fraction of sp³-hybridized carbons (Fsp3) is 0.457. The van der Waals surface area contributed by atoms with Gasteiger partial charge in [-0.15, -0.1) is 5.10 Å². The number of aromatic hydroxyl groups is 2. The normalized spacial score (nSPS) is 18.2. The van der Waals surface area contributed by atoms with Crippen molar-refractivity contribution < 1.29 is 57.9 Å². The van der Waals surface area contributed by atoms with E-state index in [0.717, 1.165) is 25.0 Å². The van der Waals surface area contributed by atoms with E-state index in [-0.39, 0.29) is 77.2 Å². The highest BCUT2D eigenvalue weighted by Gasteiger charge is 2.54. The Morgan fingerprint density at radius 1 is 0.791 bits per heavy atom. The fourth-order valence-corrected chi connectivity index (χ4v) is 10.1. The van der Waals surface area contributed by atoms with Crippen LogP contribution in [-0.2, 0) is 52.0 Å². The van der Waals surface area contributed by atoms with E-state index in [2.05, 4.69) is 36.9 Å². The highest BCUT2D eigenvalue weighted by atomic mass is 32.2. The van der Waals surface area contributed by atoms with Crippen molar-refractivity contribution in [3.8, 4) is 23.0 Å². The molecule has 4 aliphatic heterocycles.